The molecule has 184 valence electrons. The molecule has 8 nitrogen and oxygen atoms in total. The highest BCUT2D eigenvalue weighted by molar-refractivity contribution is 7.17. The summed E-state index contributed by atoms with van der Waals surface area (Å²) in [6.07, 6.45) is 7.54. The van der Waals surface area contributed by atoms with Crippen LogP contribution < -0.4 is 16.0 Å². The molecule has 2 amide bonds. The van der Waals surface area contributed by atoms with Crippen LogP contribution >= 0.6 is 11.3 Å². The first-order valence-corrected chi connectivity index (χ1v) is 13.2. The molecule has 2 aromatic heterocycles. The lowest BCUT2D eigenvalue weighted by Crippen LogP contribution is -2.50. The van der Waals surface area contributed by atoms with Gasteiger partial charge in [-0.1, -0.05) is 30.7 Å². The normalized spacial score (nSPS) is 19.6. The molecule has 1 atom stereocenters. The second-order valence-corrected chi connectivity index (χ2v) is 10.9. The summed E-state index contributed by atoms with van der Waals surface area (Å²) in [6, 6.07) is 5.97. The predicted octanol–water partition coefficient (Wildman–Crippen LogP) is 4.05. The van der Waals surface area contributed by atoms with E-state index in [-0.39, 0.29) is 23.4 Å². The first-order valence-electron chi connectivity index (χ1n) is 12.4. The van der Waals surface area contributed by atoms with Crippen LogP contribution in [0.5, 0.6) is 0 Å². The van der Waals surface area contributed by atoms with Gasteiger partial charge >= 0.3 is 0 Å². The molecule has 4 heterocycles. The summed E-state index contributed by atoms with van der Waals surface area (Å²) < 4.78 is 0. The Labute approximate surface area is 205 Å². The predicted molar refractivity (Wildman–Crippen MR) is 136 cm³/mol. The maximum Gasteiger partial charge on any atom is 0.263 e. The minimum Gasteiger partial charge on any atom is -0.346 e. The Balaban J connectivity index is 1.33. The van der Waals surface area contributed by atoms with Crippen LogP contribution in [0.1, 0.15) is 80.6 Å². The number of carbonyl (C=O) groups is 2. The highest BCUT2D eigenvalue weighted by atomic mass is 32.1. The van der Waals surface area contributed by atoms with E-state index in [9.17, 15) is 9.59 Å². The van der Waals surface area contributed by atoms with Crippen LogP contribution in [0.25, 0.3) is 0 Å². The monoisotopic (exact) mass is 484 g/mol. The van der Waals surface area contributed by atoms with Crippen molar-refractivity contribution in [1.82, 2.24) is 25.5 Å². The topological polar surface area (TPSA) is 99.3 Å². The minimum atomic E-state index is -0.252. The zero-order valence-corrected chi connectivity index (χ0v) is 21.2. The average Bonchev–Trinajstić information content (AvgIpc) is 3.33. The van der Waals surface area contributed by atoms with E-state index in [1.807, 2.05) is 37.8 Å². The fourth-order valence-corrected chi connectivity index (χ4v) is 5.15. The summed E-state index contributed by atoms with van der Waals surface area (Å²) >= 11 is 1.32. The molecule has 2 aromatic rings. The number of amides is 2. The van der Waals surface area contributed by atoms with Gasteiger partial charge in [0.25, 0.3) is 5.91 Å². The van der Waals surface area contributed by atoms with Crippen LogP contribution in [0, 0.1) is 0 Å². The number of pyridine rings is 1. The Bertz CT molecular complexity index is 993. The lowest BCUT2D eigenvalue weighted by molar-refractivity contribution is -0.135. The summed E-state index contributed by atoms with van der Waals surface area (Å²) in [6.45, 7) is 8.56. The molecule has 0 unspecified atom stereocenters. The van der Waals surface area contributed by atoms with Gasteiger partial charge in [0.1, 0.15) is 10.7 Å². The van der Waals surface area contributed by atoms with Crippen molar-refractivity contribution >= 4 is 34.1 Å². The number of nitrogens with zero attached hydrogens (tertiary/aromatic N) is 3. The number of hydrogen-bond acceptors (Lipinski definition) is 7. The molecule has 0 radical (unpaired) electrons. The van der Waals surface area contributed by atoms with E-state index < -0.39 is 0 Å². The number of nitrogens with one attached hydrogen (secondary N) is 3. The number of likely N-dealkylation sites (tertiary alicyclic amines) is 1. The smallest absolute Gasteiger partial charge is 0.263 e. The fraction of sp³-hybridized carbons (Fsp3) is 0.600. The third-order valence-corrected chi connectivity index (χ3v) is 7.82. The second kappa shape index (κ2) is 10.8. The van der Waals surface area contributed by atoms with Crippen LogP contribution in [0.15, 0.2) is 24.4 Å². The summed E-state index contributed by atoms with van der Waals surface area (Å²) in [5.74, 6) is 1.20. The molecule has 0 aliphatic carbocycles. The Morgan fingerprint density at radius 3 is 2.71 bits per heavy atom. The molecule has 34 heavy (non-hydrogen) atoms. The maximum absolute atomic E-state index is 12.8. The van der Waals surface area contributed by atoms with E-state index >= 15 is 0 Å². The van der Waals surface area contributed by atoms with Gasteiger partial charge in [-0.15, -0.1) is 0 Å². The lowest BCUT2D eigenvalue weighted by atomic mass is 9.92. The first kappa shape index (κ1) is 24.6. The van der Waals surface area contributed by atoms with Crippen LogP contribution in [-0.2, 0) is 4.79 Å². The number of thiazole rings is 1. The third kappa shape index (κ3) is 6.13. The van der Waals surface area contributed by atoms with Gasteiger partial charge in [-0.05, 0) is 64.6 Å². The highest BCUT2D eigenvalue weighted by Gasteiger charge is 2.30. The summed E-state index contributed by atoms with van der Waals surface area (Å²) in [5.41, 5.74) is 0.782. The minimum absolute atomic E-state index is 0.00531. The molecule has 0 aromatic carbocycles. The van der Waals surface area contributed by atoms with Crippen molar-refractivity contribution in [2.24, 2.45) is 0 Å². The number of carbonyl (C=O) groups excluding carboxylic acids is 2. The number of rotatable bonds is 7. The standard InChI is InChI=1S/C25H36N6O2S/c1-4-25(2,3)30-22(32)20-16-27-24(34-20)29-21-10-7-9-18(28-21)17-11-14-31(15-12-17)23(33)19-8-5-6-13-26-19/h7,9-10,16-17,19,26H,4-6,8,11-15H2,1-3H3,(H,30,32)(H,27,28,29)/t19-/m0/s1. The van der Waals surface area contributed by atoms with E-state index in [2.05, 4.69) is 27.0 Å². The van der Waals surface area contributed by atoms with Gasteiger partial charge in [0.2, 0.25) is 5.91 Å². The Morgan fingerprint density at radius 2 is 2.00 bits per heavy atom. The molecule has 2 fully saturated rings. The quantitative estimate of drug-likeness (QED) is 0.548. The average molecular weight is 485 g/mol. The van der Waals surface area contributed by atoms with Gasteiger partial charge in [0, 0.05) is 30.2 Å². The fourth-order valence-electron chi connectivity index (χ4n) is 4.43. The molecule has 0 spiro atoms. The van der Waals surface area contributed by atoms with Crippen LogP contribution in [0.4, 0.5) is 10.9 Å². The third-order valence-electron chi connectivity index (χ3n) is 6.90. The van der Waals surface area contributed by atoms with Gasteiger partial charge in [-0.25, -0.2) is 9.97 Å². The van der Waals surface area contributed by atoms with Crippen molar-refractivity contribution < 1.29 is 9.59 Å². The van der Waals surface area contributed by atoms with Crippen molar-refractivity contribution in [2.45, 2.75) is 76.8 Å². The van der Waals surface area contributed by atoms with Crippen LogP contribution in [0.2, 0.25) is 0 Å². The zero-order valence-electron chi connectivity index (χ0n) is 20.4. The molecule has 2 saturated heterocycles. The van der Waals surface area contributed by atoms with E-state index in [1.165, 1.54) is 11.3 Å². The number of piperidine rings is 2. The van der Waals surface area contributed by atoms with Gasteiger partial charge in [0.15, 0.2) is 5.13 Å². The second-order valence-electron chi connectivity index (χ2n) is 9.90. The molecular weight excluding hydrogens is 448 g/mol. The molecular formula is C25H36N6O2S. The Hall–Kier alpha value is -2.52. The van der Waals surface area contributed by atoms with Crippen LogP contribution in [0.3, 0.4) is 0 Å². The lowest BCUT2D eigenvalue weighted by Gasteiger charge is -2.35. The van der Waals surface area contributed by atoms with E-state index in [0.717, 1.165) is 69.7 Å². The van der Waals surface area contributed by atoms with Gasteiger partial charge in [0.05, 0.1) is 12.2 Å². The van der Waals surface area contributed by atoms with Gasteiger partial charge in [-0.2, -0.15) is 0 Å². The number of hydrogen-bond donors (Lipinski definition) is 3. The highest BCUT2D eigenvalue weighted by Crippen LogP contribution is 2.29. The zero-order chi connectivity index (χ0) is 24.1. The molecule has 2 aliphatic heterocycles. The number of anilines is 2. The van der Waals surface area contributed by atoms with Crippen molar-refractivity contribution in [1.29, 1.82) is 0 Å². The van der Waals surface area contributed by atoms with Crippen molar-refractivity contribution in [2.75, 3.05) is 25.0 Å². The summed E-state index contributed by atoms with van der Waals surface area (Å²) in [4.78, 5) is 37.1. The van der Waals surface area contributed by atoms with Gasteiger partial charge in [-0.3, -0.25) is 9.59 Å². The van der Waals surface area contributed by atoms with E-state index in [1.54, 1.807) is 6.20 Å². The van der Waals surface area contributed by atoms with E-state index in [4.69, 9.17) is 4.98 Å². The van der Waals surface area contributed by atoms with E-state index in [0.29, 0.717) is 15.9 Å². The molecule has 2 aliphatic rings. The molecule has 4 rings (SSSR count). The first-order chi connectivity index (χ1) is 16.3. The summed E-state index contributed by atoms with van der Waals surface area (Å²) in [5, 5.41) is 10.3. The molecule has 0 bridgehead atoms. The Morgan fingerprint density at radius 1 is 1.21 bits per heavy atom. The molecule has 3 N–H and O–H groups in total. The largest absolute Gasteiger partial charge is 0.346 e. The SMILES string of the molecule is CCC(C)(C)NC(=O)c1cnc(Nc2cccc(C3CCN(C(=O)[C@@H]4CCCCN4)CC3)n2)s1. The van der Waals surface area contributed by atoms with Crippen molar-refractivity contribution in [3.63, 3.8) is 0 Å². The van der Waals surface area contributed by atoms with Gasteiger partial charge < -0.3 is 20.9 Å². The van der Waals surface area contributed by atoms with Crippen LogP contribution in [-0.4, -0.2) is 57.9 Å². The molecule has 0 saturated carbocycles. The van der Waals surface area contributed by atoms with Crippen molar-refractivity contribution in [3.05, 3.63) is 35.0 Å². The maximum atomic E-state index is 12.8. The Kier molecular flexibility index (Phi) is 7.83. The number of aromatic nitrogens is 2. The van der Waals surface area contributed by atoms with Crippen molar-refractivity contribution in [3.8, 4) is 0 Å². The summed E-state index contributed by atoms with van der Waals surface area (Å²) in [7, 11) is 0. The molecule has 9 heteroatoms.